The quantitative estimate of drug-likeness (QED) is 0.702. The van der Waals surface area contributed by atoms with Gasteiger partial charge in [-0.25, -0.2) is 4.68 Å². The monoisotopic (exact) mass is 354 g/mol. The number of nitrogens with zero attached hydrogens (tertiary/aromatic N) is 6. The van der Waals surface area contributed by atoms with Crippen molar-refractivity contribution in [3.05, 3.63) is 64.1 Å². The van der Waals surface area contributed by atoms with Gasteiger partial charge in [0.05, 0.1) is 12.6 Å². The molecule has 2 aromatic heterocycles. The molecular weight excluding hydrogens is 332 g/mol. The Hall–Kier alpha value is -2.09. The summed E-state index contributed by atoms with van der Waals surface area (Å²) >= 11 is 1.74. The van der Waals surface area contributed by atoms with Crippen molar-refractivity contribution in [2.75, 3.05) is 33.2 Å². The lowest BCUT2D eigenvalue weighted by molar-refractivity contribution is 0.121. The average molecular weight is 354 g/mol. The Balaban J connectivity index is 1.68. The number of thiophene rings is 1. The van der Waals surface area contributed by atoms with Crippen LogP contribution < -0.4 is 0 Å². The molecule has 0 N–H and O–H groups in total. The normalized spacial score (nSPS) is 17.6. The Morgan fingerprint density at radius 1 is 1.04 bits per heavy atom. The van der Waals surface area contributed by atoms with Gasteiger partial charge in [0.1, 0.15) is 0 Å². The molecule has 0 unspecified atom stereocenters. The van der Waals surface area contributed by atoms with Crippen molar-refractivity contribution in [2.45, 2.75) is 12.6 Å². The minimum Gasteiger partial charge on any atom is -0.304 e. The van der Waals surface area contributed by atoms with Crippen LogP contribution in [0, 0.1) is 0 Å². The number of likely N-dealkylation sites (N-methyl/N-ethyl adjacent to an activating group) is 1. The average Bonchev–Trinajstić information content (AvgIpc) is 3.31. The van der Waals surface area contributed by atoms with Crippen LogP contribution >= 0.6 is 11.3 Å². The molecule has 0 amide bonds. The summed E-state index contributed by atoms with van der Waals surface area (Å²) in [5.41, 5.74) is 1.24. The molecule has 1 aromatic carbocycles. The van der Waals surface area contributed by atoms with Gasteiger partial charge in [0, 0.05) is 31.1 Å². The van der Waals surface area contributed by atoms with Crippen LogP contribution in [0.2, 0.25) is 0 Å². The minimum absolute atomic E-state index is 0.0878. The van der Waals surface area contributed by atoms with Crippen LogP contribution in [0.25, 0.3) is 0 Å². The smallest absolute Gasteiger partial charge is 0.173 e. The van der Waals surface area contributed by atoms with Crippen LogP contribution in [0.4, 0.5) is 0 Å². The molecule has 1 fully saturated rings. The van der Waals surface area contributed by atoms with Crippen molar-refractivity contribution in [3.63, 3.8) is 0 Å². The molecule has 1 aliphatic rings. The second kappa shape index (κ2) is 7.43. The summed E-state index contributed by atoms with van der Waals surface area (Å²) in [7, 11) is 2.18. The van der Waals surface area contributed by atoms with E-state index in [-0.39, 0.29) is 6.04 Å². The van der Waals surface area contributed by atoms with Gasteiger partial charge in [-0.1, -0.05) is 36.4 Å². The van der Waals surface area contributed by atoms with Gasteiger partial charge in [0.15, 0.2) is 5.82 Å². The maximum Gasteiger partial charge on any atom is 0.173 e. The molecule has 0 bridgehead atoms. The maximum absolute atomic E-state index is 4.42. The molecule has 1 atom stereocenters. The van der Waals surface area contributed by atoms with Crippen LogP contribution in [-0.2, 0) is 6.54 Å². The van der Waals surface area contributed by atoms with E-state index in [9.17, 15) is 0 Å². The number of hydrogen-bond donors (Lipinski definition) is 0. The highest BCUT2D eigenvalue weighted by Crippen LogP contribution is 2.28. The molecule has 1 aliphatic heterocycles. The van der Waals surface area contributed by atoms with E-state index >= 15 is 0 Å². The van der Waals surface area contributed by atoms with E-state index in [2.05, 4.69) is 80.2 Å². The van der Waals surface area contributed by atoms with Crippen LogP contribution in [-0.4, -0.2) is 63.2 Å². The highest BCUT2D eigenvalue weighted by molar-refractivity contribution is 7.09. The van der Waals surface area contributed by atoms with E-state index in [1.807, 2.05) is 4.68 Å². The van der Waals surface area contributed by atoms with E-state index in [4.69, 9.17) is 0 Å². The lowest BCUT2D eigenvalue weighted by Crippen LogP contribution is -2.46. The molecule has 0 aliphatic carbocycles. The fourth-order valence-electron chi connectivity index (χ4n) is 3.31. The number of hydrogen-bond acceptors (Lipinski definition) is 6. The number of tetrazole rings is 1. The van der Waals surface area contributed by atoms with E-state index in [0.29, 0.717) is 0 Å². The molecule has 7 heteroatoms. The number of aromatic nitrogens is 4. The number of benzene rings is 1. The number of piperazine rings is 1. The first-order valence-electron chi connectivity index (χ1n) is 8.57. The molecule has 1 saturated heterocycles. The van der Waals surface area contributed by atoms with Crippen molar-refractivity contribution >= 4 is 11.3 Å². The fourth-order valence-corrected chi connectivity index (χ4v) is 3.99. The Morgan fingerprint density at radius 2 is 1.84 bits per heavy atom. The lowest BCUT2D eigenvalue weighted by Gasteiger charge is -2.37. The maximum atomic E-state index is 4.42. The first-order valence-corrected chi connectivity index (χ1v) is 9.45. The summed E-state index contributed by atoms with van der Waals surface area (Å²) in [6.45, 7) is 4.88. The largest absolute Gasteiger partial charge is 0.304 e. The Morgan fingerprint density at radius 3 is 2.56 bits per heavy atom. The van der Waals surface area contributed by atoms with Crippen LogP contribution in [0.15, 0.2) is 47.8 Å². The number of rotatable bonds is 5. The summed E-state index contributed by atoms with van der Waals surface area (Å²) < 4.78 is 1.95. The van der Waals surface area contributed by atoms with Gasteiger partial charge < -0.3 is 4.90 Å². The first kappa shape index (κ1) is 16.4. The molecule has 0 saturated carbocycles. The lowest BCUT2D eigenvalue weighted by atomic mass is 10.0. The first-order chi connectivity index (χ1) is 12.3. The van der Waals surface area contributed by atoms with Crippen molar-refractivity contribution < 1.29 is 0 Å². The Kier molecular flexibility index (Phi) is 4.87. The Labute approximate surface area is 151 Å². The second-order valence-corrected chi connectivity index (χ2v) is 7.46. The zero-order valence-corrected chi connectivity index (χ0v) is 15.1. The highest BCUT2D eigenvalue weighted by Gasteiger charge is 2.29. The van der Waals surface area contributed by atoms with Crippen LogP contribution in [0.1, 0.15) is 22.3 Å². The predicted octanol–water partition coefficient (Wildman–Crippen LogP) is 2.12. The van der Waals surface area contributed by atoms with Gasteiger partial charge in [-0.05, 0) is 34.5 Å². The van der Waals surface area contributed by atoms with Gasteiger partial charge in [-0.15, -0.1) is 16.4 Å². The molecule has 3 aromatic rings. The minimum atomic E-state index is 0.0878. The van der Waals surface area contributed by atoms with Crippen molar-refractivity contribution in [1.29, 1.82) is 0 Å². The van der Waals surface area contributed by atoms with Gasteiger partial charge >= 0.3 is 0 Å². The standard InChI is InChI=1S/C18H22N6S/c1-22-9-11-23(12-10-22)17(15-6-3-2-4-7-15)18-19-20-21-24(18)14-16-8-5-13-25-16/h2-8,13,17H,9-12,14H2,1H3/t17-/m1/s1. The van der Waals surface area contributed by atoms with E-state index in [0.717, 1.165) is 38.5 Å². The van der Waals surface area contributed by atoms with E-state index in [1.54, 1.807) is 11.3 Å². The third kappa shape index (κ3) is 3.63. The molecule has 130 valence electrons. The van der Waals surface area contributed by atoms with Gasteiger partial charge in [-0.2, -0.15) is 0 Å². The zero-order valence-electron chi connectivity index (χ0n) is 14.3. The third-order valence-corrected chi connectivity index (χ3v) is 5.57. The summed E-state index contributed by atoms with van der Waals surface area (Å²) in [4.78, 5) is 6.12. The highest BCUT2D eigenvalue weighted by atomic mass is 32.1. The van der Waals surface area contributed by atoms with E-state index in [1.165, 1.54) is 10.4 Å². The molecule has 6 nitrogen and oxygen atoms in total. The van der Waals surface area contributed by atoms with Gasteiger partial charge in [0.2, 0.25) is 0 Å². The van der Waals surface area contributed by atoms with Crippen LogP contribution in [0.3, 0.4) is 0 Å². The third-order valence-electron chi connectivity index (χ3n) is 4.71. The van der Waals surface area contributed by atoms with E-state index < -0.39 is 0 Å². The molecule has 0 spiro atoms. The predicted molar refractivity (Wildman–Crippen MR) is 98.6 cm³/mol. The summed E-state index contributed by atoms with van der Waals surface area (Å²) in [5, 5.41) is 14.8. The Bertz CT molecular complexity index is 777. The van der Waals surface area contributed by atoms with Gasteiger partial charge in [0.25, 0.3) is 0 Å². The summed E-state index contributed by atoms with van der Waals surface area (Å²) in [6, 6.07) is 14.9. The second-order valence-electron chi connectivity index (χ2n) is 6.43. The zero-order chi connectivity index (χ0) is 17.1. The van der Waals surface area contributed by atoms with Crippen molar-refractivity contribution in [2.24, 2.45) is 0 Å². The summed E-state index contributed by atoms with van der Waals surface area (Å²) in [5.74, 6) is 0.921. The molecule has 4 rings (SSSR count). The molecule has 0 radical (unpaired) electrons. The SMILES string of the molecule is CN1CCN([C@H](c2ccccc2)c2nnnn2Cc2cccs2)CC1. The van der Waals surface area contributed by atoms with Crippen molar-refractivity contribution in [3.8, 4) is 0 Å². The summed E-state index contributed by atoms with van der Waals surface area (Å²) in [6.07, 6.45) is 0. The van der Waals surface area contributed by atoms with Gasteiger partial charge in [-0.3, -0.25) is 4.90 Å². The van der Waals surface area contributed by atoms with Crippen molar-refractivity contribution in [1.82, 2.24) is 30.0 Å². The molecular formula is C18H22N6S. The fraction of sp³-hybridized carbons (Fsp3) is 0.389. The molecule has 25 heavy (non-hydrogen) atoms. The topological polar surface area (TPSA) is 50.1 Å². The molecule has 3 heterocycles. The van der Waals surface area contributed by atoms with Crippen LogP contribution in [0.5, 0.6) is 0 Å².